The highest BCUT2D eigenvalue weighted by molar-refractivity contribution is 7.89. The minimum atomic E-state index is -3.26. The third-order valence-electron chi connectivity index (χ3n) is 4.91. The van der Waals surface area contributed by atoms with Crippen molar-refractivity contribution in [2.45, 2.75) is 37.5 Å². The number of piperidine rings is 1. The second-order valence-electron chi connectivity index (χ2n) is 6.45. The van der Waals surface area contributed by atoms with Crippen molar-refractivity contribution in [3.05, 3.63) is 30.3 Å². The van der Waals surface area contributed by atoms with Gasteiger partial charge in [-0.2, -0.15) is 0 Å². The van der Waals surface area contributed by atoms with Crippen molar-refractivity contribution >= 4 is 21.6 Å². The molecule has 6 nitrogen and oxygen atoms in total. The maximum Gasteiger partial charge on any atom is 0.247 e. The van der Waals surface area contributed by atoms with Gasteiger partial charge in [0.2, 0.25) is 15.9 Å². The minimum absolute atomic E-state index is 0.00273. The van der Waals surface area contributed by atoms with Crippen LogP contribution in [-0.2, 0) is 14.8 Å². The number of amides is 1. The first-order valence-corrected chi connectivity index (χ1v) is 9.48. The van der Waals surface area contributed by atoms with Crippen molar-refractivity contribution < 1.29 is 13.2 Å². The molecule has 0 radical (unpaired) electrons. The average molecular weight is 337 g/mol. The molecule has 2 aliphatic heterocycles. The highest BCUT2D eigenvalue weighted by Crippen LogP contribution is 2.36. The molecule has 23 heavy (non-hydrogen) atoms. The van der Waals surface area contributed by atoms with Gasteiger partial charge in [0.05, 0.1) is 11.9 Å². The van der Waals surface area contributed by atoms with E-state index in [9.17, 15) is 13.2 Å². The predicted molar refractivity (Wildman–Crippen MR) is 89.5 cm³/mol. The lowest BCUT2D eigenvalue weighted by atomic mass is 9.86. The van der Waals surface area contributed by atoms with Gasteiger partial charge in [0, 0.05) is 18.8 Å². The molecule has 0 aliphatic carbocycles. The normalized spacial score (nSPS) is 21.9. The van der Waals surface area contributed by atoms with Gasteiger partial charge in [-0.05, 0) is 38.8 Å². The molecule has 2 aliphatic rings. The molecular formula is C16H23N3O3S. The van der Waals surface area contributed by atoms with Crippen LogP contribution in [0.25, 0.3) is 0 Å². The summed E-state index contributed by atoms with van der Waals surface area (Å²) in [6.07, 6.45) is 1.03. The lowest BCUT2D eigenvalue weighted by Crippen LogP contribution is -2.57. The molecule has 1 amide bonds. The van der Waals surface area contributed by atoms with Crippen molar-refractivity contribution in [3.63, 3.8) is 0 Å². The zero-order chi connectivity index (χ0) is 16.7. The summed E-state index contributed by atoms with van der Waals surface area (Å²) in [4.78, 5) is 14.6. The summed E-state index contributed by atoms with van der Waals surface area (Å²) in [5.41, 5.74) is 0.357. The minimum Gasteiger partial charge on any atom is -0.339 e. The van der Waals surface area contributed by atoms with Crippen molar-refractivity contribution in [2.75, 3.05) is 24.7 Å². The number of hydrogen-bond acceptors (Lipinski definition) is 4. The maximum atomic E-state index is 12.5. The van der Waals surface area contributed by atoms with Gasteiger partial charge in [-0.3, -0.25) is 4.79 Å². The van der Waals surface area contributed by atoms with Gasteiger partial charge < -0.3 is 10.2 Å². The smallest absolute Gasteiger partial charge is 0.247 e. The lowest BCUT2D eigenvalue weighted by molar-refractivity contribution is -0.124. The van der Waals surface area contributed by atoms with Crippen LogP contribution in [0.3, 0.4) is 0 Å². The monoisotopic (exact) mass is 337 g/mol. The van der Waals surface area contributed by atoms with Crippen molar-refractivity contribution in [1.82, 2.24) is 9.62 Å². The molecule has 126 valence electrons. The number of hydrogen-bond donors (Lipinski definition) is 1. The third kappa shape index (κ3) is 2.61. The average Bonchev–Trinajstić information content (AvgIpc) is 2.85. The van der Waals surface area contributed by atoms with E-state index in [1.807, 2.05) is 30.3 Å². The van der Waals surface area contributed by atoms with Crippen LogP contribution in [0.2, 0.25) is 0 Å². The lowest BCUT2D eigenvalue weighted by Gasteiger charge is -2.43. The van der Waals surface area contributed by atoms with Gasteiger partial charge in [0.25, 0.3) is 0 Å². The molecule has 7 heteroatoms. The Hall–Kier alpha value is -1.60. The van der Waals surface area contributed by atoms with Crippen LogP contribution < -0.4 is 10.2 Å². The molecule has 3 rings (SSSR count). The first-order chi connectivity index (χ1) is 10.9. The SMILES string of the molecule is CC(C)S(=O)(=O)N1CCC2(CC1)C(=O)NCN2c1ccccc1. The van der Waals surface area contributed by atoms with Crippen molar-refractivity contribution in [2.24, 2.45) is 0 Å². The molecule has 0 saturated carbocycles. The number of nitrogens with one attached hydrogen (secondary N) is 1. The quantitative estimate of drug-likeness (QED) is 0.898. The van der Waals surface area contributed by atoms with Gasteiger partial charge >= 0.3 is 0 Å². The Morgan fingerprint density at radius 2 is 1.74 bits per heavy atom. The van der Waals surface area contributed by atoms with Gasteiger partial charge in [0.15, 0.2) is 0 Å². The van der Waals surface area contributed by atoms with E-state index in [1.165, 1.54) is 4.31 Å². The fraction of sp³-hybridized carbons (Fsp3) is 0.562. The Balaban J connectivity index is 1.84. The summed E-state index contributed by atoms with van der Waals surface area (Å²) >= 11 is 0. The fourth-order valence-corrected chi connectivity index (χ4v) is 4.73. The Kier molecular flexibility index (Phi) is 4.10. The summed E-state index contributed by atoms with van der Waals surface area (Å²) in [5.74, 6) is 0.00273. The predicted octanol–water partition coefficient (Wildman–Crippen LogP) is 1.15. The van der Waals surface area contributed by atoms with E-state index in [1.54, 1.807) is 13.8 Å². The van der Waals surface area contributed by atoms with Gasteiger partial charge in [-0.15, -0.1) is 0 Å². The zero-order valence-corrected chi connectivity index (χ0v) is 14.3. The molecule has 1 aromatic rings. The Bertz CT molecular complexity index is 680. The molecule has 2 fully saturated rings. The van der Waals surface area contributed by atoms with E-state index in [2.05, 4.69) is 10.2 Å². The summed E-state index contributed by atoms with van der Waals surface area (Å²) in [5, 5.41) is 2.49. The van der Waals surface area contributed by atoms with Crippen LogP contribution in [0, 0.1) is 0 Å². The summed E-state index contributed by atoms with van der Waals surface area (Å²) < 4.78 is 26.2. The van der Waals surface area contributed by atoms with E-state index in [0.717, 1.165) is 5.69 Å². The van der Waals surface area contributed by atoms with E-state index < -0.39 is 20.8 Å². The largest absolute Gasteiger partial charge is 0.339 e. The van der Waals surface area contributed by atoms with E-state index in [0.29, 0.717) is 32.6 Å². The second kappa shape index (κ2) is 5.79. The first kappa shape index (κ1) is 16.3. The summed E-state index contributed by atoms with van der Waals surface area (Å²) in [6, 6.07) is 9.81. The standard InChI is InChI=1S/C16H23N3O3S/c1-13(2)23(21,22)18-10-8-16(9-11-18)15(20)17-12-19(16)14-6-4-3-5-7-14/h3-7,13H,8-12H2,1-2H3,(H,17,20). The molecule has 2 saturated heterocycles. The zero-order valence-electron chi connectivity index (χ0n) is 13.5. The number of anilines is 1. The van der Waals surface area contributed by atoms with Crippen LogP contribution in [0.15, 0.2) is 30.3 Å². The molecular weight excluding hydrogens is 314 g/mol. The topological polar surface area (TPSA) is 69.7 Å². The number of rotatable bonds is 3. The summed E-state index contributed by atoms with van der Waals surface area (Å²) in [6.45, 7) is 4.63. The molecule has 0 atom stereocenters. The fourth-order valence-electron chi connectivity index (χ4n) is 3.44. The van der Waals surface area contributed by atoms with Gasteiger partial charge in [-0.25, -0.2) is 12.7 Å². The van der Waals surface area contributed by atoms with Crippen LogP contribution >= 0.6 is 0 Å². The summed E-state index contributed by atoms with van der Waals surface area (Å²) in [7, 11) is -3.26. The van der Waals surface area contributed by atoms with Gasteiger partial charge in [0.1, 0.15) is 5.54 Å². The first-order valence-electron chi connectivity index (χ1n) is 7.98. The van der Waals surface area contributed by atoms with Crippen LogP contribution in [0.5, 0.6) is 0 Å². The highest BCUT2D eigenvalue weighted by atomic mass is 32.2. The van der Waals surface area contributed by atoms with E-state index >= 15 is 0 Å². The molecule has 2 heterocycles. The van der Waals surface area contributed by atoms with Crippen molar-refractivity contribution in [1.29, 1.82) is 0 Å². The molecule has 0 bridgehead atoms. The molecule has 0 aromatic heterocycles. The van der Waals surface area contributed by atoms with Crippen molar-refractivity contribution in [3.8, 4) is 0 Å². The number of para-hydroxylation sites is 1. The molecule has 1 N–H and O–H groups in total. The number of sulfonamides is 1. The third-order valence-corrected chi connectivity index (χ3v) is 7.19. The second-order valence-corrected chi connectivity index (χ2v) is 8.94. The van der Waals surface area contributed by atoms with Crippen LogP contribution in [0.4, 0.5) is 5.69 Å². The van der Waals surface area contributed by atoms with E-state index in [4.69, 9.17) is 0 Å². The highest BCUT2D eigenvalue weighted by Gasteiger charge is 2.51. The Morgan fingerprint density at radius 1 is 1.13 bits per heavy atom. The Morgan fingerprint density at radius 3 is 2.30 bits per heavy atom. The number of nitrogens with zero attached hydrogens (tertiary/aromatic N) is 2. The molecule has 1 spiro atoms. The van der Waals surface area contributed by atoms with Gasteiger partial charge in [-0.1, -0.05) is 18.2 Å². The number of carbonyl (C=O) groups is 1. The van der Waals surface area contributed by atoms with E-state index in [-0.39, 0.29) is 5.91 Å². The number of benzene rings is 1. The molecule has 1 aromatic carbocycles. The number of carbonyl (C=O) groups excluding carboxylic acids is 1. The molecule has 0 unspecified atom stereocenters. The Labute approximate surface area is 137 Å². The van der Waals surface area contributed by atoms with Crippen LogP contribution in [0.1, 0.15) is 26.7 Å². The maximum absolute atomic E-state index is 12.5. The van der Waals surface area contributed by atoms with Crippen LogP contribution in [-0.4, -0.2) is 49.2 Å².